The van der Waals surface area contributed by atoms with Crippen LogP contribution in [-0.4, -0.2) is 77.3 Å². The molecule has 5 N–H and O–H groups in total. The van der Waals surface area contributed by atoms with Crippen LogP contribution in [0.15, 0.2) is 24.3 Å². The van der Waals surface area contributed by atoms with E-state index in [-0.39, 0.29) is 36.0 Å². The molecule has 38 heavy (non-hydrogen) atoms. The van der Waals surface area contributed by atoms with E-state index in [0.717, 1.165) is 76.9 Å². The first kappa shape index (κ1) is 27.8. The molecule has 12 heteroatoms. The third-order valence-electron chi connectivity index (χ3n) is 7.57. The van der Waals surface area contributed by atoms with Gasteiger partial charge in [0.05, 0.1) is 0 Å². The number of amides is 3. The second-order valence-electron chi connectivity index (χ2n) is 10.2. The summed E-state index contributed by atoms with van der Waals surface area (Å²) in [4.78, 5) is 33.3. The molecule has 3 saturated heterocycles. The average Bonchev–Trinajstić information content (AvgIpc) is 2.94. The van der Waals surface area contributed by atoms with Crippen molar-refractivity contribution in [3.05, 3.63) is 35.5 Å². The largest absolute Gasteiger partial charge is 0.364 e. The maximum Gasteiger partial charge on any atom is 0.317 e. The van der Waals surface area contributed by atoms with Crippen LogP contribution in [0.5, 0.6) is 0 Å². The zero-order valence-corrected chi connectivity index (χ0v) is 22.5. The molecule has 11 nitrogen and oxygen atoms in total. The van der Waals surface area contributed by atoms with Crippen molar-refractivity contribution < 1.29 is 9.59 Å². The highest BCUT2D eigenvalue weighted by Gasteiger charge is 2.27. The Hall–Kier alpha value is -3.18. The molecule has 3 amide bonds. The van der Waals surface area contributed by atoms with Gasteiger partial charge < -0.3 is 31.5 Å². The summed E-state index contributed by atoms with van der Waals surface area (Å²) < 4.78 is 0. The maximum atomic E-state index is 12.7. The Labute approximate surface area is 229 Å². The number of hydrogen-bond acceptors (Lipinski definition) is 8. The molecular formula is C26H38ClN9O2. The summed E-state index contributed by atoms with van der Waals surface area (Å²) in [7, 11) is 0. The van der Waals surface area contributed by atoms with Crippen molar-refractivity contribution in [1.29, 1.82) is 0 Å². The molecule has 3 aliphatic rings. The monoisotopic (exact) mass is 543 g/mol. The summed E-state index contributed by atoms with van der Waals surface area (Å²) in [5.41, 5.74) is 7.69. The molecule has 0 radical (unpaired) electrons. The summed E-state index contributed by atoms with van der Waals surface area (Å²) in [6.45, 7) is 5.05. The third kappa shape index (κ3) is 6.82. The van der Waals surface area contributed by atoms with E-state index in [2.05, 4.69) is 43.3 Å². The number of anilines is 3. The molecule has 206 valence electrons. The van der Waals surface area contributed by atoms with E-state index in [1.54, 1.807) is 0 Å². The molecule has 1 atom stereocenters. The van der Waals surface area contributed by atoms with Gasteiger partial charge in [-0.2, -0.15) is 4.98 Å². The smallest absolute Gasteiger partial charge is 0.317 e. The van der Waals surface area contributed by atoms with Crippen molar-refractivity contribution in [3.63, 3.8) is 0 Å². The number of primary amides is 1. The van der Waals surface area contributed by atoms with Crippen molar-refractivity contribution >= 4 is 41.8 Å². The molecule has 3 aliphatic heterocycles. The van der Waals surface area contributed by atoms with Gasteiger partial charge in [-0.3, -0.25) is 4.79 Å². The highest BCUT2D eigenvalue weighted by molar-refractivity contribution is 5.96. The van der Waals surface area contributed by atoms with Gasteiger partial charge >= 0.3 is 6.03 Å². The SMILES string of the molecule is Cl.NC(=O)c1nnc(N2CCCC(NC(=O)N3CCCCC3)C2)nc1Nc1ccc(C2CCNCC2)cc1. The second-order valence-corrected chi connectivity index (χ2v) is 10.2. The van der Waals surface area contributed by atoms with Crippen molar-refractivity contribution in [2.45, 2.75) is 56.9 Å². The standard InChI is InChI=1S/C26H37N9O2.ClH/c27-23(36)22-24(29-20-8-6-18(7-9-20)19-10-12-28-13-11-19)31-25(33-32-22)35-16-4-5-21(17-35)30-26(37)34-14-2-1-3-15-34;/h6-9,19,21,28H,1-5,10-17H2,(H2,27,36)(H,30,37)(H,29,31,33);1H. The number of halogens is 1. The van der Waals surface area contributed by atoms with Gasteiger partial charge in [0.25, 0.3) is 5.91 Å². The van der Waals surface area contributed by atoms with Crippen LogP contribution in [0.2, 0.25) is 0 Å². The van der Waals surface area contributed by atoms with Crippen molar-refractivity contribution in [1.82, 2.24) is 30.7 Å². The molecule has 3 fully saturated rings. The van der Waals surface area contributed by atoms with Gasteiger partial charge in [-0.15, -0.1) is 22.6 Å². The summed E-state index contributed by atoms with van der Waals surface area (Å²) in [6.07, 6.45) is 7.37. The number of nitrogens with two attached hydrogens (primary N) is 1. The number of carbonyl (C=O) groups is 2. The number of piperidine rings is 3. The average molecular weight is 544 g/mol. The number of aromatic nitrogens is 3. The number of nitrogens with one attached hydrogen (secondary N) is 3. The van der Waals surface area contributed by atoms with Crippen LogP contribution in [0, 0.1) is 0 Å². The predicted molar refractivity (Wildman–Crippen MR) is 149 cm³/mol. The lowest BCUT2D eigenvalue weighted by Crippen LogP contribution is -2.52. The number of benzene rings is 1. The Morgan fingerprint density at radius 3 is 2.39 bits per heavy atom. The lowest BCUT2D eigenvalue weighted by molar-refractivity contribution is 0.0995. The predicted octanol–water partition coefficient (Wildman–Crippen LogP) is 2.77. The lowest BCUT2D eigenvalue weighted by atomic mass is 9.90. The van der Waals surface area contributed by atoms with Crippen molar-refractivity contribution in [2.24, 2.45) is 5.73 Å². The number of nitrogens with zero attached hydrogens (tertiary/aromatic N) is 5. The number of likely N-dealkylation sites (tertiary alicyclic amines) is 1. The molecule has 1 aromatic heterocycles. The quantitative estimate of drug-likeness (QED) is 0.436. The van der Waals surface area contributed by atoms with Crippen LogP contribution in [0.4, 0.5) is 22.2 Å². The van der Waals surface area contributed by atoms with Crippen LogP contribution in [0.25, 0.3) is 0 Å². The van der Waals surface area contributed by atoms with Crippen LogP contribution >= 0.6 is 12.4 Å². The zero-order chi connectivity index (χ0) is 25.6. The molecule has 1 unspecified atom stereocenters. The molecule has 4 heterocycles. The molecule has 0 spiro atoms. The van der Waals surface area contributed by atoms with E-state index in [9.17, 15) is 9.59 Å². The number of hydrogen-bond donors (Lipinski definition) is 4. The molecule has 0 bridgehead atoms. The third-order valence-corrected chi connectivity index (χ3v) is 7.57. The van der Waals surface area contributed by atoms with Crippen LogP contribution in [0.3, 0.4) is 0 Å². The van der Waals surface area contributed by atoms with E-state index in [0.29, 0.717) is 18.4 Å². The van der Waals surface area contributed by atoms with E-state index < -0.39 is 5.91 Å². The minimum absolute atomic E-state index is 0. The summed E-state index contributed by atoms with van der Waals surface area (Å²) in [5, 5.41) is 18.1. The Bertz CT molecular complexity index is 1090. The van der Waals surface area contributed by atoms with E-state index in [4.69, 9.17) is 5.73 Å². The first-order valence-electron chi connectivity index (χ1n) is 13.5. The fraction of sp³-hybridized carbons (Fsp3) is 0.577. The highest BCUT2D eigenvalue weighted by Crippen LogP contribution is 2.28. The van der Waals surface area contributed by atoms with Crippen molar-refractivity contribution in [3.8, 4) is 0 Å². The van der Waals surface area contributed by atoms with Gasteiger partial charge in [-0.1, -0.05) is 12.1 Å². The van der Waals surface area contributed by atoms with Crippen LogP contribution in [0.1, 0.15) is 66.9 Å². The van der Waals surface area contributed by atoms with Crippen LogP contribution in [-0.2, 0) is 0 Å². The first-order chi connectivity index (χ1) is 18.1. The number of rotatable bonds is 6. The molecular weight excluding hydrogens is 506 g/mol. The molecule has 0 aliphatic carbocycles. The summed E-state index contributed by atoms with van der Waals surface area (Å²) in [6, 6.07) is 8.25. The van der Waals surface area contributed by atoms with Gasteiger partial charge in [-0.05, 0) is 81.6 Å². The van der Waals surface area contributed by atoms with Gasteiger partial charge in [0.1, 0.15) is 0 Å². The van der Waals surface area contributed by atoms with Gasteiger partial charge in [0.15, 0.2) is 11.5 Å². The topological polar surface area (TPSA) is 141 Å². The minimum Gasteiger partial charge on any atom is -0.364 e. The summed E-state index contributed by atoms with van der Waals surface area (Å²) in [5.74, 6) is 0.569. The fourth-order valence-corrected chi connectivity index (χ4v) is 5.47. The van der Waals surface area contributed by atoms with E-state index >= 15 is 0 Å². The van der Waals surface area contributed by atoms with Gasteiger partial charge in [0.2, 0.25) is 5.95 Å². The van der Waals surface area contributed by atoms with Gasteiger partial charge in [0, 0.05) is 37.9 Å². The molecule has 5 rings (SSSR count). The minimum atomic E-state index is -0.689. The Morgan fingerprint density at radius 1 is 0.947 bits per heavy atom. The molecule has 1 aromatic carbocycles. The van der Waals surface area contributed by atoms with Crippen molar-refractivity contribution in [2.75, 3.05) is 49.5 Å². The first-order valence-corrected chi connectivity index (χ1v) is 13.5. The molecule has 0 saturated carbocycles. The fourth-order valence-electron chi connectivity index (χ4n) is 5.47. The van der Waals surface area contributed by atoms with E-state index in [1.165, 1.54) is 12.0 Å². The molecule has 2 aromatic rings. The number of urea groups is 1. The Morgan fingerprint density at radius 2 is 1.68 bits per heavy atom. The number of carbonyl (C=O) groups excluding carboxylic acids is 2. The second kappa shape index (κ2) is 13.1. The zero-order valence-electron chi connectivity index (χ0n) is 21.7. The lowest BCUT2D eigenvalue weighted by Gasteiger charge is -2.35. The van der Waals surface area contributed by atoms with E-state index in [1.807, 2.05) is 21.9 Å². The van der Waals surface area contributed by atoms with Crippen LogP contribution < -0.4 is 26.6 Å². The Kier molecular flexibility index (Phi) is 9.57. The normalized spacial score (nSPS) is 20.4. The Balaban J connectivity index is 0.00000336. The maximum absolute atomic E-state index is 12.7. The summed E-state index contributed by atoms with van der Waals surface area (Å²) >= 11 is 0. The van der Waals surface area contributed by atoms with Gasteiger partial charge in [-0.25, -0.2) is 4.79 Å². The highest BCUT2D eigenvalue weighted by atomic mass is 35.5.